The monoisotopic (exact) mass is 392 g/mol. The van der Waals surface area contributed by atoms with Crippen LogP contribution in [0.25, 0.3) is 0 Å². The van der Waals surface area contributed by atoms with Crippen LogP contribution < -0.4 is 10.2 Å². The number of hydrogen-bond acceptors (Lipinski definition) is 3. The SMILES string of the molecule is Cc1ccc(CN2CCSc3ccc(C(=O)Nc4ccc(F)cc4)cc32)cc1. The van der Waals surface area contributed by atoms with Gasteiger partial charge in [0.2, 0.25) is 0 Å². The first kappa shape index (κ1) is 18.6. The average Bonchev–Trinajstić information content (AvgIpc) is 2.71. The lowest BCUT2D eigenvalue weighted by Crippen LogP contribution is -2.29. The molecule has 1 aliphatic heterocycles. The Bertz CT molecular complexity index is 986. The summed E-state index contributed by atoms with van der Waals surface area (Å²) in [5, 5.41) is 2.83. The number of amides is 1. The maximum Gasteiger partial charge on any atom is 0.255 e. The van der Waals surface area contributed by atoms with Crippen molar-refractivity contribution >= 4 is 29.0 Å². The van der Waals surface area contributed by atoms with Crippen molar-refractivity contribution in [3.8, 4) is 0 Å². The lowest BCUT2D eigenvalue weighted by atomic mass is 10.1. The van der Waals surface area contributed by atoms with E-state index in [1.807, 2.05) is 30.0 Å². The summed E-state index contributed by atoms with van der Waals surface area (Å²) in [6.07, 6.45) is 0. The van der Waals surface area contributed by atoms with Crippen molar-refractivity contribution in [1.82, 2.24) is 0 Å². The maximum atomic E-state index is 13.1. The molecule has 3 nitrogen and oxygen atoms in total. The number of fused-ring (bicyclic) bond motifs is 1. The summed E-state index contributed by atoms with van der Waals surface area (Å²) in [6, 6.07) is 20.2. The number of halogens is 1. The van der Waals surface area contributed by atoms with E-state index in [4.69, 9.17) is 0 Å². The van der Waals surface area contributed by atoms with E-state index in [0.29, 0.717) is 11.3 Å². The number of anilines is 2. The molecule has 3 aromatic rings. The van der Waals surface area contributed by atoms with Crippen LogP contribution in [0.4, 0.5) is 15.8 Å². The van der Waals surface area contributed by atoms with E-state index in [1.54, 1.807) is 12.1 Å². The summed E-state index contributed by atoms with van der Waals surface area (Å²) in [4.78, 5) is 16.2. The highest BCUT2D eigenvalue weighted by atomic mass is 32.2. The highest BCUT2D eigenvalue weighted by Gasteiger charge is 2.20. The van der Waals surface area contributed by atoms with Crippen molar-refractivity contribution in [2.75, 3.05) is 22.5 Å². The number of benzene rings is 3. The Kier molecular flexibility index (Phi) is 5.35. The number of carbonyl (C=O) groups is 1. The van der Waals surface area contributed by atoms with Gasteiger partial charge in [-0.3, -0.25) is 4.79 Å². The van der Waals surface area contributed by atoms with E-state index in [-0.39, 0.29) is 11.7 Å². The van der Waals surface area contributed by atoms with Crippen LogP contribution >= 0.6 is 11.8 Å². The largest absolute Gasteiger partial charge is 0.365 e. The minimum Gasteiger partial charge on any atom is -0.365 e. The van der Waals surface area contributed by atoms with Gasteiger partial charge in [-0.2, -0.15) is 0 Å². The van der Waals surface area contributed by atoms with Gasteiger partial charge in [0.15, 0.2) is 0 Å². The maximum absolute atomic E-state index is 13.1. The molecule has 3 aromatic carbocycles. The molecule has 1 amide bonds. The summed E-state index contributed by atoms with van der Waals surface area (Å²) < 4.78 is 13.1. The molecule has 0 fully saturated rings. The van der Waals surface area contributed by atoms with Gasteiger partial charge in [-0.25, -0.2) is 4.39 Å². The molecule has 1 heterocycles. The molecule has 0 bridgehead atoms. The average molecular weight is 392 g/mol. The van der Waals surface area contributed by atoms with Gasteiger partial charge in [-0.15, -0.1) is 11.8 Å². The van der Waals surface area contributed by atoms with Crippen LogP contribution in [0, 0.1) is 12.7 Å². The summed E-state index contributed by atoms with van der Waals surface area (Å²) in [5.41, 5.74) is 4.76. The molecule has 0 saturated heterocycles. The van der Waals surface area contributed by atoms with Crippen molar-refractivity contribution < 1.29 is 9.18 Å². The van der Waals surface area contributed by atoms with Crippen molar-refractivity contribution in [3.63, 3.8) is 0 Å². The standard InChI is InChI=1S/C23H21FN2OS/c1-16-2-4-17(5-3-16)15-26-12-13-28-22-11-6-18(14-21(22)26)23(27)25-20-9-7-19(24)8-10-20/h2-11,14H,12-13,15H2,1H3,(H,25,27). The molecule has 4 rings (SSSR count). The van der Waals surface area contributed by atoms with Crippen LogP contribution in [-0.2, 0) is 6.54 Å². The van der Waals surface area contributed by atoms with Gasteiger partial charge >= 0.3 is 0 Å². The Balaban J connectivity index is 1.55. The van der Waals surface area contributed by atoms with E-state index >= 15 is 0 Å². The molecule has 1 N–H and O–H groups in total. The Labute approximate surface area is 168 Å². The molecule has 5 heteroatoms. The van der Waals surface area contributed by atoms with E-state index in [2.05, 4.69) is 41.4 Å². The smallest absolute Gasteiger partial charge is 0.255 e. The van der Waals surface area contributed by atoms with E-state index in [1.165, 1.54) is 28.2 Å². The zero-order chi connectivity index (χ0) is 19.5. The van der Waals surface area contributed by atoms with Crippen LogP contribution in [0.5, 0.6) is 0 Å². The minimum atomic E-state index is -0.324. The third kappa shape index (κ3) is 4.20. The molecule has 0 saturated carbocycles. The first-order chi connectivity index (χ1) is 13.6. The molecule has 28 heavy (non-hydrogen) atoms. The third-order valence-electron chi connectivity index (χ3n) is 4.78. The van der Waals surface area contributed by atoms with Crippen LogP contribution in [0.2, 0.25) is 0 Å². The molecule has 1 aliphatic rings. The molecule has 0 atom stereocenters. The number of rotatable bonds is 4. The number of thioether (sulfide) groups is 1. The van der Waals surface area contributed by atoms with Gasteiger partial charge in [-0.05, 0) is 55.0 Å². The first-order valence-corrected chi connectivity index (χ1v) is 10.2. The molecule has 0 unspecified atom stereocenters. The van der Waals surface area contributed by atoms with Crippen molar-refractivity contribution in [1.29, 1.82) is 0 Å². The van der Waals surface area contributed by atoms with Crippen molar-refractivity contribution in [2.45, 2.75) is 18.4 Å². The topological polar surface area (TPSA) is 32.3 Å². The predicted molar refractivity (Wildman–Crippen MR) is 114 cm³/mol. The second kappa shape index (κ2) is 8.07. The highest BCUT2D eigenvalue weighted by molar-refractivity contribution is 7.99. The molecule has 0 radical (unpaired) electrons. The van der Waals surface area contributed by atoms with Gasteiger partial charge in [0.1, 0.15) is 5.82 Å². The van der Waals surface area contributed by atoms with E-state index in [0.717, 1.165) is 24.5 Å². The molecule has 142 valence electrons. The number of hydrogen-bond donors (Lipinski definition) is 1. The summed E-state index contributed by atoms with van der Waals surface area (Å²) >= 11 is 1.82. The number of nitrogens with zero attached hydrogens (tertiary/aromatic N) is 1. The van der Waals surface area contributed by atoms with Gasteiger partial charge < -0.3 is 10.2 Å². The van der Waals surface area contributed by atoms with Gasteiger partial charge in [-0.1, -0.05) is 29.8 Å². The van der Waals surface area contributed by atoms with Crippen molar-refractivity contribution in [2.24, 2.45) is 0 Å². The van der Waals surface area contributed by atoms with Gasteiger partial charge in [0, 0.05) is 35.0 Å². The van der Waals surface area contributed by atoms with Gasteiger partial charge in [0.25, 0.3) is 5.91 Å². The zero-order valence-electron chi connectivity index (χ0n) is 15.6. The van der Waals surface area contributed by atoms with Gasteiger partial charge in [0.05, 0.1) is 5.69 Å². The Hall–Kier alpha value is -2.79. The number of carbonyl (C=O) groups excluding carboxylic acids is 1. The fraction of sp³-hybridized carbons (Fsp3) is 0.174. The quantitative estimate of drug-likeness (QED) is 0.636. The molecular formula is C23H21FN2OS. The molecule has 0 spiro atoms. The Morgan fingerprint density at radius 3 is 2.57 bits per heavy atom. The normalized spacial score (nSPS) is 13.1. The second-order valence-corrected chi connectivity index (χ2v) is 8.04. The fourth-order valence-electron chi connectivity index (χ4n) is 3.23. The molecule has 0 aliphatic carbocycles. The number of aryl methyl sites for hydroxylation is 1. The zero-order valence-corrected chi connectivity index (χ0v) is 16.4. The Morgan fingerprint density at radius 1 is 1.07 bits per heavy atom. The molecule has 0 aromatic heterocycles. The highest BCUT2D eigenvalue weighted by Crippen LogP contribution is 2.36. The van der Waals surface area contributed by atoms with Crippen molar-refractivity contribution in [3.05, 3.63) is 89.2 Å². The van der Waals surface area contributed by atoms with Crippen LogP contribution in [0.3, 0.4) is 0 Å². The summed E-state index contributed by atoms with van der Waals surface area (Å²) in [7, 11) is 0. The minimum absolute atomic E-state index is 0.194. The lowest BCUT2D eigenvalue weighted by molar-refractivity contribution is 0.102. The molecular weight excluding hydrogens is 371 g/mol. The lowest BCUT2D eigenvalue weighted by Gasteiger charge is -2.31. The number of nitrogens with one attached hydrogen (secondary N) is 1. The van der Waals surface area contributed by atoms with Crippen LogP contribution in [0.1, 0.15) is 21.5 Å². The van der Waals surface area contributed by atoms with E-state index < -0.39 is 0 Å². The Morgan fingerprint density at radius 2 is 1.82 bits per heavy atom. The fourth-order valence-corrected chi connectivity index (χ4v) is 4.26. The summed E-state index contributed by atoms with van der Waals surface area (Å²) in [5.74, 6) is 0.510. The van der Waals surface area contributed by atoms with Crippen LogP contribution in [0.15, 0.2) is 71.6 Å². The van der Waals surface area contributed by atoms with Crippen LogP contribution in [-0.4, -0.2) is 18.2 Å². The first-order valence-electron chi connectivity index (χ1n) is 9.23. The predicted octanol–water partition coefficient (Wildman–Crippen LogP) is 5.50. The third-order valence-corrected chi connectivity index (χ3v) is 5.82. The van der Waals surface area contributed by atoms with E-state index in [9.17, 15) is 9.18 Å². The summed E-state index contributed by atoms with van der Waals surface area (Å²) in [6.45, 7) is 3.84. The second-order valence-electron chi connectivity index (χ2n) is 6.90.